The van der Waals surface area contributed by atoms with E-state index >= 15 is 0 Å². The normalized spacial score (nSPS) is 26.4. The van der Waals surface area contributed by atoms with Gasteiger partial charge in [-0.3, -0.25) is 14.4 Å². The summed E-state index contributed by atoms with van der Waals surface area (Å²) in [7, 11) is 4.27. The lowest BCUT2D eigenvalue weighted by Crippen LogP contribution is -2.49. The fourth-order valence-corrected chi connectivity index (χ4v) is 4.13. The minimum absolute atomic E-state index is 0.0556. The van der Waals surface area contributed by atoms with Gasteiger partial charge in [-0.1, -0.05) is 13.8 Å². The van der Waals surface area contributed by atoms with Crippen molar-refractivity contribution in [3.63, 3.8) is 0 Å². The SMILES string of the molecule is CCC1C[N+](C)(C)CC1C(C(=O)NC(C)C(=O)Cl)C(CC)C(N)=O. The number of amides is 2. The van der Waals surface area contributed by atoms with E-state index in [1.54, 1.807) is 6.92 Å². The van der Waals surface area contributed by atoms with Crippen LogP contribution in [0.15, 0.2) is 0 Å². The highest BCUT2D eigenvalue weighted by Crippen LogP contribution is 2.39. The molecule has 1 rings (SSSR count). The molecule has 0 radical (unpaired) electrons. The first-order valence-electron chi connectivity index (χ1n) is 8.65. The number of rotatable bonds is 8. The molecule has 0 spiro atoms. The number of primary amides is 1. The Morgan fingerprint density at radius 2 is 1.83 bits per heavy atom. The Balaban J connectivity index is 3.16. The number of hydrogen-bond acceptors (Lipinski definition) is 3. The summed E-state index contributed by atoms with van der Waals surface area (Å²) in [5, 5.41) is 2.04. The maximum Gasteiger partial charge on any atom is 0.243 e. The molecule has 2 amide bonds. The number of likely N-dealkylation sites (tertiary alicyclic amines) is 1. The van der Waals surface area contributed by atoms with Crippen LogP contribution < -0.4 is 11.1 Å². The average Bonchev–Trinajstić information content (AvgIpc) is 2.78. The Labute approximate surface area is 149 Å². The zero-order chi connectivity index (χ0) is 18.7. The molecule has 1 aliphatic heterocycles. The first-order chi connectivity index (χ1) is 11.0. The summed E-state index contributed by atoms with van der Waals surface area (Å²) in [5.41, 5.74) is 5.58. The summed E-state index contributed by atoms with van der Waals surface area (Å²) in [5.74, 6) is -1.44. The largest absolute Gasteiger partial charge is 0.369 e. The minimum atomic E-state index is -0.781. The molecule has 1 saturated heterocycles. The minimum Gasteiger partial charge on any atom is -0.369 e. The number of halogens is 1. The first-order valence-corrected chi connectivity index (χ1v) is 9.02. The standard InChI is InChI=1S/C17H30ClN3O3/c1-6-11-8-21(4,5)9-13(11)14(12(7-2)16(19)23)17(24)20-10(3)15(18)22/h10-14H,6-9H2,1-5H3,(H2-,19,20,23,24)/p+1. The molecule has 0 bridgehead atoms. The third kappa shape index (κ3) is 4.93. The topological polar surface area (TPSA) is 89.3 Å². The molecular weight excluding hydrogens is 330 g/mol. The zero-order valence-electron chi connectivity index (χ0n) is 15.3. The monoisotopic (exact) mass is 360 g/mol. The van der Waals surface area contributed by atoms with Crippen molar-refractivity contribution in [1.29, 1.82) is 0 Å². The van der Waals surface area contributed by atoms with E-state index in [-0.39, 0.29) is 11.8 Å². The molecule has 138 valence electrons. The van der Waals surface area contributed by atoms with Crippen LogP contribution in [0, 0.1) is 23.7 Å². The third-order valence-corrected chi connectivity index (χ3v) is 5.59. The van der Waals surface area contributed by atoms with Gasteiger partial charge in [0.15, 0.2) is 0 Å². The van der Waals surface area contributed by atoms with Crippen molar-refractivity contribution in [2.75, 3.05) is 27.2 Å². The van der Waals surface area contributed by atoms with Gasteiger partial charge in [-0.25, -0.2) is 0 Å². The van der Waals surface area contributed by atoms with E-state index in [9.17, 15) is 14.4 Å². The molecule has 0 aromatic rings. The quantitative estimate of drug-likeness (QED) is 0.502. The Kier molecular flexibility index (Phi) is 7.23. The second kappa shape index (κ2) is 8.30. The Hall–Kier alpha value is -1.14. The van der Waals surface area contributed by atoms with Crippen LogP contribution in [-0.4, -0.2) is 54.8 Å². The number of nitrogens with one attached hydrogen (secondary N) is 1. The summed E-state index contributed by atoms with van der Waals surface area (Å²) in [6.07, 6.45) is 1.44. The average molecular weight is 361 g/mol. The molecule has 7 heteroatoms. The number of nitrogens with two attached hydrogens (primary N) is 1. The maximum absolute atomic E-state index is 12.9. The number of nitrogens with zero attached hydrogens (tertiary/aromatic N) is 1. The van der Waals surface area contributed by atoms with Gasteiger partial charge in [0, 0.05) is 17.8 Å². The van der Waals surface area contributed by atoms with Crippen LogP contribution in [0.4, 0.5) is 0 Å². The van der Waals surface area contributed by atoms with E-state index in [1.165, 1.54) is 0 Å². The second-order valence-electron chi connectivity index (χ2n) is 7.61. The van der Waals surface area contributed by atoms with Gasteiger partial charge in [-0.05, 0) is 31.4 Å². The van der Waals surface area contributed by atoms with Crippen molar-refractivity contribution < 1.29 is 18.9 Å². The van der Waals surface area contributed by atoms with Gasteiger partial charge in [0.2, 0.25) is 17.1 Å². The van der Waals surface area contributed by atoms with Crippen LogP contribution in [0.25, 0.3) is 0 Å². The highest BCUT2D eigenvalue weighted by Gasteiger charge is 2.49. The van der Waals surface area contributed by atoms with Crippen molar-refractivity contribution in [1.82, 2.24) is 5.32 Å². The molecule has 0 aliphatic carbocycles. The molecule has 24 heavy (non-hydrogen) atoms. The Morgan fingerprint density at radius 3 is 2.25 bits per heavy atom. The number of carbonyl (C=O) groups excluding carboxylic acids is 3. The predicted molar refractivity (Wildman–Crippen MR) is 94.0 cm³/mol. The lowest BCUT2D eigenvalue weighted by molar-refractivity contribution is -0.880. The highest BCUT2D eigenvalue weighted by molar-refractivity contribution is 6.64. The van der Waals surface area contributed by atoms with Crippen LogP contribution >= 0.6 is 11.6 Å². The van der Waals surface area contributed by atoms with Gasteiger partial charge in [0.25, 0.3) is 0 Å². The molecule has 1 aliphatic rings. The van der Waals surface area contributed by atoms with Gasteiger partial charge in [-0.15, -0.1) is 0 Å². The number of hydrogen-bond donors (Lipinski definition) is 2. The van der Waals surface area contributed by atoms with Crippen LogP contribution in [0.3, 0.4) is 0 Å². The van der Waals surface area contributed by atoms with Crippen LogP contribution in [0.2, 0.25) is 0 Å². The van der Waals surface area contributed by atoms with Crippen LogP contribution in [0.1, 0.15) is 33.6 Å². The predicted octanol–water partition coefficient (Wildman–Crippen LogP) is 1.12. The fraction of sp³-hybridized carbons (Fsp3) is 0.824. The summed E-state index contributed by atoms with van der Waals surface area (Å²) >= 11 is 5.47. The number of quaternary nitrogens is 1. The van der Waals surface area contributed by atoms with E-state index in [0.29, 0.717) is 12.3 Å². The van der Waals surface area contributed by atoms with E-state index in [4.69, 9.17) is 17.3 Å². The van der Waals surface area contributed by atoms with Crippen molar-refractivity contribution in [3.05, 3.63) is 0 Å². The van der Waals surface area contributed by atoms with Gasteiger partial charge < -0.3 is 15.5 Å². The smallest absolute Gasteiger partial charge is 0.243 e. The lowest BCUT2D eigenvalue weighted by Gasteiger charge is -2.31. The molecule has 0 saturated carbocycles. The van der Waals surface area contributed by atoms with E-state index in [0.717, 1.165) is 24.0 Å². The van der Waals surface area contributed by atoms with Gasteiger partial charge >= 0.3 is 0 Å². The molecule has 1 heterocycles. The summed E-state index contributed by atoms with van der Waals surface area (Å²) in [6.45, 7) is 7.28. The molecule has 5 atom stereocenters. The highest BCUT2D eigenvalue weighted by atomic mass is 35.5. The van der Waals surface area contributed by atoms with Crippen LogP contribution in [0.5, 0.6) is 0 Å². The first kappa shape index (κ1) is 20.9. The number of carbonyl (C=O) groups is 3. The van der Waals surface area contributed by atoms with Gasteiger partial charge in [0.1, 0.15) is 6.04 Å². The van der Waals surface area contributed by atoms with Gasteiger partial charge in [-0.2, -0.15) is 0 Å². The summed E-state index contributed by atoms with van der Waals surface area (Å²) < 4.78 is 0.812. The van der Waals surface area contributed by atoms with E-state index in [2.05, 4.69) is 26.3 Å². The Bertz CT molecular complexity index is 495. The Morgan fingerprint density at radius 1 is 1.25 bits per heavy atom. The molecule has 0 aromatic heterocycles. The summed E-state index contributed by atoms with van der Waals surface area (Å²) in [6, 6.07) is -0.781. The van der Waals surface area contributed by atoms with E-state index < -0.39 is 29.0 Å². The summed E-state index contributed by atoms with van der Waals surface area (Å²) in [4.78, 5) is 36.1. The molecule has 1 fully saturated rings. The third-order valence-electron chi connectivity index (χ3n) is 5.27. The fourth-order valence-electron chi connectivity index (χ4n) is 4.08. The van der Waals surface area contributed by atoms with Crippen LogP contribution in [-0.2, 0) is 14.4 Å². The molecule has 3 N–H and O–H groups in total. The van der Waals surface area contributed by atoms with Crippen molar-refractivity contribution in [2.45, 2.75) is 39.7 Å². The lowest BCUT2D eigenvalue weighted by atomic mass is 9.73. The van der Waals surface area contributed by atoms with Crippen molar-refractivity contribution >= 4 is 28.7 Å². The maximum atomic E-state index is 12.9. The van der Waals surface area contributed by atoms with Crippen molar-refractivity contribution in [3.8, 4) is 0 Å². The molecule has 6 nitrogen and oxygen atoms in total. The second-order valence-corrected chi connectivity index (χ2v) is 7.98. The molecule has 0 aromatic carbocycles. The van der Waals surface area contributed by atoms with Gasteiger partial charge in [0.05, 0.1) is 33.1 Å². The van der Waals surface area contributed by atoms with Crippen molar-refractivity contribution in [2.24, 2.45) is 29.4 Å². The molecular formula is C17H31ClN3O3+. The van der Waals surface area contributed by atoms with E-state index in [1.807, 2.05) is 6.92 Å². The molecule has 5 unspecified atom stereocenters. The zero-order valence-corrected chi connectivity index (χ0v) is 16.1.